The first-order chi connectivity index (χ1) is 18.4. The summed E-state index contributed by atoms with van der Waals surface area (Å²) in [7, 11) is 0. The Labute approximate surface area is 220 Å². The number of rotatable bonds is 6. The second-order valence-corrected chi connectivity index (χ2v) is 9.21. The van der Waals surface area contributed by atoms with Crippen LogP contribution >= 0.6 is 0 Å². The van der Waals surface area contributed by atoms with Gasteiger partial charge in [0.2, 0.25) is 6.10 Å². The second kappa shape index (κ2) is 10.4. The Morgan fingerprint density at radius 2 is 1.53 bits per heavy atom. The van der Waals surface area contributed by atoms with Gasteiger partial charge in [0.05, 0.1) is 0 Å². The Morgan fingerprint density at radius 3 is 2.18 bits per heavy atom. The zero-order chi connectivity index (χ0) is 26.7. The highest BCUT2D eigenvalue weighted by atomic mass is 16.5. The highest BCUT2D eigenvalue weighted by Gasteiger charge is 2.51. The zero-order valence-corrected chi connectivity index (χ0v) is 21.2. The number of hydrogen-bond acceptors (Lipinski definition) is 6. The van der Waals surface area contributed by atoms with Gasteiger partial charge in [-0.15, -0.1) is 0 Å². The van der Waals surface area contributed by atoms with Crippen molar-refractivity contribution in [2.24, 2.45) is 0 Å². The van der Waals surface area contributed by atoms with Crippen LogP contribution in [-0.2, 0) is 10.3 Å². The smallest absolute Gasteiger partial charge is 0.347 e. The second-order valence-electron chi connectivity index (χ2n) is 9.21. The number of benzene rings is 3. The number of nitrogens with zero attached hydrogens (tertiary/aromatic N) is 3. The van der Waals surface area contributed by atoms with Crippen molar-refractivity contribution < 1.29 is 19.4 Å². The molecular formula is C30H28N4O4. The maximum absolute atomic E-state index is 13.7. The molecule has 0 radical (unpaired) electrons. The number of fused-ring (bicyclic) bond motifs is 1. The number of nitrogens with one attached hydrogen (secondary N) is 1. The minimum absolute atomic E-state index is 0.0223. The molecule has 0 aliphatic carbocycles. The average Bonchev–Trinajstić information content (AvgIpc) is 3.09. The van der Waals surface area contributed by atoms with Gasteiger partial charge in [-0.1, -0.05) is 66.7 Å². The van der Waals surface area contributed by atoms with Crippen molar-refractivity contribution in [2.45, 2.75) is 25.5 Å². The monoisotopic (exact) mass is 508 g/mol. The molecule has 0 fully saturated rings. The van der Waals surface area contributed by atoms with Gasteiger partial charge in [0.25, 0.3) is 5.91 Å². The van der Waals surface area contributed by atoms with E-state index in [0.717, 1.165) is 0 Å². The zero-order valence-electron chi connectivity index (χ0n) is 21.2. The van der Waals surface area contributed by atoms with E-state index in [2.05, 4.69) is 15.3 Å². The third-order valence-corrected chi connectivity index (χ3v) is 6.66. The van der Waals surface area contributed by atoms with Crippen LogP contribution in [-0.4, -0.2) is 46.1 Å². The molecule has 3 aromatic carbocycles. The molecule has 0 spiro atoms. The van der Waals surface area contributed by atoms with E-state index in [4.69, 9.17) is 4.74 Å². The van der Waals surface area contributed by atoms with Crippen LogP contribution in [0.2, 0.25) is 0 Å². The molecule has 0 saturated heterocycles. The molecule has 1 aliphatic heterocycles. The van der Waals surface area contributed by atoms with E-state index in [-0.39, 0.29) is 11.9 Å². The molecule has 0 saturated carbocycles. The maximum Gasteiger partial charge on any atom is 0.347 e. The third-order valence-electron chi connectivity index (χ3n) is 6.66. The number of aliphatic carboxylic acids is 1. The third kappa shape index (κ3) is 4.62. The van der Waals surface area contributed by atoms with E-state index >= 15 is 0 Å². The van der Waals surface area contributed by atoms with Crippen molar-refractivity contribution in [1.82, 2.24) is 15.3 Å². The van der Waals surface area contributed by atoms with Gasteiger partial charge >= 0.3 is 12.0 Å². The normalized spacial score (nSPS) is 17.7. The number of para-hydroxylation sites is 1. The van der Waals surface area contributed by atoms with Crippen LogP contribution in [0.5, 0.6) is 6.01 Å². The van der Waals surface area contributed by atoms with Gasteiger partial charge in [-0.05, 0) is 43.7 Å². The Bertz CT molecular complexity index is 1440. The van der Waals surface area contributed by atoms with Gasteiger partial charge in [0, 0.05) is 41.3 Å². The molecule has 1 aromatic heterocycles. The first-order valence-corrected chi connectivity index (χ1v) is 12.4. The minimum Gasteiger partial charge on any atom is -0.478 e. The Morgan fingerprint density at radius 1 is 0.921 bits per heavy atom. The van der Waals surface area contributed by atoms with Gasteiger partial charge in [-0.2, -0.15) is 0 Å². The van der Waals surface area contributed by atoms with Crippen molar-refractivity contribution >= 4 is 17.6 Å². The average molecular weight is 509 g/mol. The standard InChI is InChI=1S/C30H28N4O4/c1-20-19-21(2)33-29(32-20)38-26(28(36)37)30(23-13-7-4-8-14-23)24-15-9-10-16-25(24)34(18-17-31-30)27(35)22-11-5-3-6-12-22/h3-16,19,26,31H,17-18H2,1-2H3,(H,36,37)/t26-,30+/m1/s1. The van der Waals surface area contributed by atoms with Crippen molar-refractivity contribution in [3.63, 3.8) is 0 Å². The molecule has 2 heterocycles. The summed E-state index contributed by atoms with van der Waals surface area (Å²) in [5, 5.41) is 14.1. The lowest BCUT2D eigenvalue weighted by molar-refractivity contribution is -0.149. The number of carbonyl (C=O) groups excluding carboxylic acids is 1. The van der Waals surface area contributed by atoms with E-state index in [1.165, 1.54) is 0 Å². The number of anilines is 1. The quantitative estimate of drug-likeness (QED) is 0.404. The molecule has 2 atom stereocenters. The summed E-state index contributed by atoms with van der Waals surface area (Å²) >= 11 is 0. The number of ether oxygens (including phenoxy) is 1. The first-order valence-electron chi connectivity index (χ1n) is 12.4. The molecule has 2 N–H and O–H groups in total. The summed E-state index contributed by atoms with van der Waals surface area (Å²) in [6.07, 6.45) is -1.46. The van der Waals surface area contributed by atoms with Crippen LogP contribution in [0.25, 0.3) is 0 Å². The number of carbonyl (C=O) groups is 2. The molecule has 1 amide bonds. The summed E-state index contributed by atoms with van der Waals surface area (Å²) in [6, 6.07) is 27.5. The highest BCUT2D eigenvalue weighted by Crippen LogP contribution is 2.42. The summed E-state index contributed by atoms with van der Waals surface area (Å²) < 4.78 is 6.14. The van der Waals surface area contributed by atoms with Gasteiger partial charge in [0.15, 0.2) is 0 Å². The molecule has 4 aromatic rings. The minimum atomic E-state index is -1.46. The predicted octanol–water partition coefficient (Wildman–Crippen LogP) is 4.12. The van der Waals surface area contributed by atoms with Crippen molar-refractivity contribution in [1.29, 1.82) is 0 Å². The molecule has 8 heteroatoms. The van der Waals surface area contributed by atoms with E-state index < -0.39 is 17.6 Å². The Kier molecular flexibility index (Phi) is 6.89. The molecule has 5 rings (SSSR count). The topological polar surface area (TPSA) is 105 Å². The van der Waals surface area contributed by atoms with Gasteiger partial charge in [-0.3, -0.25) is 10.1 Å². The van der Waals surface area contributed by atoms with Crippen LogP contribution in [0.15, 0.2) is 91.0 Å². The SMILES string of the molecule is Cc1cc(C)nc(O[C@H](C(=O)O)[C@@]2(c3ccccc3)NCCN(C(=O)c3ccccc3)c3ccccc32)n1. The van der Waals surface area contributed by atoms with Crippen molar-refractivity contribution in [2.75, 3.05) is 18.0 Å². The van der Waals surface area contributed by atoms with Crippen LogP contribution in [0.1, 0.15) is 32.9 Å². The van der Waals surface area contributed by atoms with Crippen LogP contribution in [0.4, 0.5) is 5.69 Å². The summed E-state index contributed by atoms with van der Waals surface area (Å²) in [5.74, 6) is -1.36. The highest BCUT2D eigenvalue weighted by molar-refractivity contribution is 6.07. The van der Waals surface area contributed by atoms with E-state index in [1.807, 2.05) is 72.8 Å². The molecule has 1 aliphatic rings. The Balaban J connectivity index is 1.72. The summed E-state index contributed by atoms with van der Waals surface area (Å²) in [5.41, 5.74) is 2.40. The lowest BCUT2D eigenvalue weighted by Gasteiger charge is -2.39. The fourth-order valence-corrected chi connectivity index (χ4v) is 5.09. The number of aryl methyl sites for hydroxylation is 2. The Hall–Kier alpha value is -4.56. The molecule has 8 nitrogen and oxygen atoms in total. The predicted molar refractivity (Wildman–Crippen MR) is 143 cm³/mol. The fourth-order valence-electron chi connectivity index (χ4n) is 5.09. The fraction of sp³-hybridized carbons (Fsp3) is 0.200. The van der Waals surface area contributed by atoms with Gasteiger partial charge in [0.1, 0.15) is 5.54 Å². The largest absolute Gasteiger partial charge is 0.478 e. The van der Waals surface area contributed by atoms with Gasteiger partial charge in [-0.25, -0.2) is 14.8 Å². The lowest BCUT2D eigenvalue weighted by atomic mass is 9.77. The van der Waals surface area contributed by atoms with Crippen LogP contribution < -0.4 is 15.0 Å². The van der Waals surface area contributed by atoms with E-state index in [1.54, 1.807) is 36.9 Å². The number of carboxylic acids is 1. The number of amides is 1. The number of carboxylic acid groups (broad SMARTS) is 1. The van der Waals surface area contributed by atoms with E-state index in [9.17, 15) is 14.7 Å². The molecular weight excluding hydrogens is 480 g/mol. The lowest BCUT2D eigenvalue weighted by Crippen LogP contribution is -2.58. The first kappa shape index (κ1) is 25.1. The van der Waals surface area contributed by atoms with Crippen LogP contribution in [0.3, 0.4) is 0 Å². The molecule has 0 bridgehead atoms. The molecule has 38 heavy (non-hydrogen) atoms. The van der Waals surface area contributed by atoms with Gasteiger partial charge < -0.3 is 14.7 Å². The van der Waals surface area contributed by atoms with E-state index in [0.29, 0.717) is 46.9 Å². The maximum atomic E-state index is 13.7. The molecule has 0 unspecified atom stereocenters. The summed E-state index contributed by atoms with van der Waals surface area (Å²) in [4.78, 5) is 37.1. The van der Waals surface area contributed by atoms with Crippen molar-refractivity contribution in [3.8, 4) is 6.01 Å². The van der Waals surface area contributed by atoms with Crippen molar-refractivity contribution in [3.05, 3.63) is 119 Å². The summed E-state index contributed by atoms with van der Waals surface area (Å²) in [6.45, 7) is 4.24. The number of aromatic nitrogens is 2. The molecule has 192 valence electrons. The number of hydrogen-bond donors (Lipinski definition) is 2. The van der Waals surface area contributed by atoms with Crippen LogP contribution in [0, 0.1) is 13.8 Å².